The van der Waals surface area contributed by atoms with E-state index in [2.05, 4.69) is 9.47 Å². The van der Waals surface area contributed by atoms with Crippen molar-refractivity contribution in [2.45, 2.75) is 27.7 Å². The molecule has 0 atom stereocenters. The summed E-state index contributed by atoms with van der Waals surface area (Å²) in [5.74, 6) is -0.788. The molecule has 0 rings (SSSR count). The lowest BCUT2D eigenvalue weighted by molar-refractivity contribution is -0.137. The zero-order chi connectivity index (χ0) is 12.9. The smallest absolute Gasteiger partial charge is 0.333 e. The van der Waals surface area contributed by atoms with Gasteiger partial charge in [0.1, 0.15) is 0 Å². The van der Waals surface area contributed by atoms with Crippen molar-refractivity contribution in [1.29, 1.82) is 0 Å². The van der Waals surface area contributed by atoms with E-state index in [0.29, 0.717) is 11.1 Å². The molecule has 90 valence electrons. The van der Waals surface area contributed by atoms with E-state index < -0.39 is 11.9 Å². The fraction of sp³-hybridized carbons (Fsp3) is 0.500. The topological polar surface area (TPSA) is 52.6 Å². The normalized spacial score (nSPS) is 13.6. The lowest BCUT2D eigenvalue weighted by Crippen LogP contribution is -2.08. The first kappa shape index (κ1) is 14.4. The largest absolute Gasteiger partial charge is 0.466 e. The summed E-state index contributed by atoms with van der Waals surface area (Å²) in [5.41, 5.74) is 2.44. The van der Waals surface area contributed by atoms with Gasteiger partial charge in [-0.3, -0.25) is 0 Å². The third kappa shape index (κ3) is 3.22. The molecule has 0 saturated carbocycles. The standard InChI is InChI=1S/C12H18O4/c1-7(9(3)11(13)15-5)8(2)10(4)12(14)16-6/h1-6H3/b9-7-,10-8-. The van der Waals surface area contributed by atoms with Gasteiger partial charge in [0.25, 0.3) is 0 Å². The van der Waals surface area contributed by atoms with Gasteiger partial charge in [-0.25, -0.2) is 9.59 Å². The molecular weight excluding hydrogens is 208 g/mol. The van der Waals surface area contributed by atoms with Crippen LogP contribution in [-0.2, 0) is 19.1 Å². The minimum absolute atomic E-state index is 0.394. The van der Waals surface area contributed by atoms with Crippen LogP contribution in [0.5, 0.6) is 0 Å². The van der Waals surface area contributed by atoms with E-state index in [-0.39, 0.29) is 0 Å². The summed E-state index contributed by atoms with van der Waals surface area (Å²) in [7, 11) is 2.65. The van der Waals surface area contributed by atoms with Crippen molar-refractivity contribution in [3.63, 3.8) is 0 Å². The minimum atomic E-state index is -0.394. The molecule has 0 unspecified atom stereocenters. The predicted molar refractivity (Wildman–Crippen MR) is 60.8 cm³/mol. The van der Waals surface area contributed by atoms with Gasteiger partial charge in [-0.15, -0.1) is 0 Å². The maximum Gasteiger partial charge on any atom is 0.333 e. The summed E-state index contributed by atoms with van der Waals surface area (Å²) in [6, 6.07) is 0. The zero-order valence-electron chi connectivity index (χ0n) is 10.6. The van der Waals surface area contributed by atoms with Crippen LogP contribution in [0.25, 0.3) is 0 Å². The second-order valence-corrected chi connectivity index (χ2v) is 3.48. The summed E-state index contributed by atoms with van der Waals surface area (Å²) in [4.78, 5) is 22.6. The molecule has 0 bridgehead atoms. The first-order valence-electron chi connectivity index (χ1n) is 4.88. The first-order valence-corrected chi connectivity index (χ1v) is 4.88. The quantitative estimate of drug-likeness (QED) is 0.419. The molecule has 0 radical (unpaired) electrons. The molecule has 0 N–H and O–H groups in total. The van der Waals surface area contributed by atoms with Crippen molar-refractivity contribution in [3.05, 3.63) is 22.3 Å². The second-order valence-electron chi connectivity index (χ2n) is 3.48. The molecule has 0 aromatic carbocycles. The Labute approximate surface area is 95.9 Å². The highest BCUT2D eigenvalue weighted by Crippen LogP contribution is 2.19. The maximum atomic E-state index is 11.3. The van der Waals surface area contributed by atoms with Crippen molar-refractivity contribution in [1.82, 2.24) is 0 Å². The molecule has 0 fully saturated rings. The molecule has 4 nitrogen and oxygen atoms in total. The minimum Gasteiger partial charge on any atom is -0.466 e. The van der Waals surface area contributed by atoms with Gasteiger partial charge < -0.3 is 9.47 Å². The highest BCUT2D eigenvalue weighted by atomic mass is 16.5. The number of carbonyl (C=O) groups is 2. The Kier molecular flexibility index (Phi) is 5.50. The molecule has 0 spiro atoms. The molecule has 0 aromatic rings. The number of rotatable bonds is 3. The Morgan fingerprint density at radius 1 is 0.625 bits per heavy atom. The van der Waals surface area contributed by atoms with Gasteiger partial charge in [-0.2, -0.15) is 0 Å². The molecule has 0 heterocycles. The van der Waals surface area contributed by atoms with Crippen LogP contribution in [0.15, 0.2) is 22.3 Å². The van der Waals surface area contributed by atoms with Gasteiger partial charge in [-0.05, 0) is 38.8 Å². The molecule has 0 aliphatic carbocycles. The Morgan fingerprint density at radius 2 is 0.875 bits per heavy atom. The molecule has 16 heavy (non-hydrogen) atoms. The van der Waals surface area contributed by atoms with E-state index in [4.69, 9.17) is 0 Å². The summed E-state index contributed by atoms with van der Waals surface area (Å²) >= 11 is 0. The number of hydrogen-bond acceptors (Lipinski definition) is 4. The van der Waals surface area contributed by atoms with Crippen LogP contribution in [-0.4, -0.2) is 26.2 Å². The van der Waals surface area contributed by atoms with Crippen LogP contribution >= 0.6 is 0 Å². The lowest BCUT2D eigenvalue weighted by Gasteiger charge is -2.09. The van der Waals surface area contributed by atoms with Crippen LogP contribution in [0.3, 0.4) is 0 Å². The zero-order valence-corrected chi connectivity index (χ0v) is 10.6. The third-order valence-corrected chi connectivity index (χ3v) is 2.67. The third-order valence-electron chi connectivity index (χ3n) is 2.67. The van der Waals surface area contributed by atoms with E-state index in [9.17, 15) is 9.59 Å². The molecule has 0 aliphatic heterocycles. The van der Waals surface area contributed by atoms with Crippen molar-refractivity contribution in [3.8, 4) is 0 Å². The number of carbonyl (C=O) groups excluding carboxylic acids is 2. The molecule has 0 saturated heterocycles. The van der Waals surface area contributed by atoms with E-state index in [0.717, 1.165) is 11.1 Å². The SMILES string of the molecule is COC(=O)/C(C)=C(C)\C(C)=C(\C)C(=O)OC. The van der Waals surface area contributed by atoms with E-state index in [1.807, 2.05) is 0 Å². The van der Waals surface area contributed by atoms with Gasteiger partial charge in [0.2, 0.25) is 0 Å². The van der Waals surface area contributed by atoms with Gasteiger partial charge in [0.15, 0.2) is 0 Å². The first-order chi connectivity index (χ1) is 7.36. The fourth-order valence-electron chi connectivity index (χ4n) is 1.17. The number of methoxy groups -OCH3 is 2. The maximum absolute atomic E-state index is 11.3. The summed E-state index contributed by atoms with van der Waals surface area (Å²) in [5, 5.41) is 0. The fourth-order valence-corrected chi connectivity index (χ4v) is 1.17. The van der Waals surface area contributed by atoms with Gasteiger partial charge in [0.05, 0.1) is 14.2 Å². The van der Waals surface area contributed by atoms with Crippen LogP contribution in [0, 0.1) is 0 Å². The van der Waals surface area contributed by atoms with Crippen molar-refractivity contribution in [2.75, 3.05) is 14.2 Å². The monoisotopic (exact) mass is 226 g/mol. The van der Waals surface area contributed by atoms with Crippen LogP contribution in [0.2, 0.25) is 0 Å². The average Bonchev–Trinajstić information content (AvgIpc) is 2.32. The van der Waals surface area contributed by atoms with Crippen molar-refractivity contribution >= 4 is 11.9 Å². The van der Waals surface area contributed by atoms with Crippen LogP contribution in [0.1, 0.15) is 27.7 Å². The Balaban J connectivity index is 5.35. The average molecular weight is 226 g/mol. The summed E-state index contributed by atoms with van der Waals surface area (Å²) in [6.45, 7) is 6.87. The summed E-state index contributed by atoms with van der Waals surface area (Å²) in [6.07, 6.45) is 0. The number of hydrogen-bond donors (Lipinski definition) is 0. The summed E-state index contributed by atoms with van der Waals surface area (Å²) < 4.78 is 9.23. The molecule has 4 heteroatoms. The van der Waals surface area contributed by atoms with E-state index >= 15 is 0 Å². The Morgan fingerprint density at radius 3 is 1.06 bits per heavy atom. The second kappa shape index (κ2) is 6.10. The van der Waals surface area contributed by atoms with Crippen LogP contribution < -0.4 is 0 Å². The highest BCUT2D eigenvalue weighted by molar-refractivity contribution is 5.92. The molecular formula is C12H18O4. The molecule has 0 aliphatic rings. The molecule has 0 amide bonds. The highest BCUT2D eigenvalue weighted by Gasteiger charge is 2.13. The van der Waals surface area contributed by atoms with Crippen molar-refractivity contribution < 1.29 is 19.1 Å². The lowest BCUT2D eigenvalue weighted by atomic mass is 9.99. The Bertz CT molecular complexity index is 325. The van der Waals surface area contributed by atoms with Gasteiger partial charge in [-0.1, -0.05) is 0 Å². The number of allylic oxidation sites excluding steroid dienone is 2. The van der Waals surface area contributed by atoms with Crippen LogP contribution in [0.4, 0.5) is 0 Å². The van der Waals surface area contributed by atoms with Gasteiger partial charge >= 0.3 is 11.9 Å². The molecule has 0 aromatic heterocycles. The van der Waals surface area contributed by atoms with Crippen molar-refractivity contribution in [2.24, 2.45) is 0 Å². The number of esters is 2. The predicted octanol–water partition coefficient (Wildman–Crippen LogP) is 2.01. The van der Waals surface area contributed by atoms with E-state index in [1.54, 1.807) is 27.7 Å². The Hall–Kier alpha value is -1.58. The van der Waals surface area contributed by atoms with Gasteiger partial charge in [0, 0.05) is 11.1 Å². The number of ether oxygens (including phenoxy) is 2. The van der Waals surface area contributed by atoms with E-state index in [1.165, 1.54) is 14.2 Å².